The highest BCUT2D eigenvalue weighted by Crippen LogP contribution is 2.42. The number of nitrogens with two attached hydrogens (primary N) is 1. The van der Waals surface area contributed by atoms with Gasteiger partial charge >= 0.3 is 0 Å². The number of amides is 1. The van der Waals surface area contributed by atoms with Crippen molar-refractivity contribution in [2.24, 2.45) is 12.8 Å². The molecule has 1 aliphatic carbocycles. The average Bonchev–Trinajstić information content (AvgIpc) is 2.54. The van der Waals surface area contributed by atoms with E-state index in [0.717, 1.165) is 5.56 Å². The second-order valence-corrected chi connectivity index (χ2v) is 4.97. The lowest BCUT2D eigenvalue weighted by Crippen LogP contribution is -2.25. The van der Waals surface area contributed by atoms with Gasteiger partial charge in [0.25, 0.3) is 5.91 Å². The minimum atomic E-state index is -2.57. The molecule has 0 aliphatic heterocycles. The van der Waals surface area contributed by atoms with Gasteiger partial charge in [0.15, 0.2) is 0 Å². The summed E-state index contributed by atoms with van der Waals surface area (Å²) < 4.78 is 27.7. The summed E-state index contributed by atoms with van der Waals surface area (Å²) in [5, 5.41) is 4.17. The SMILES string of the molecule is Cc1nn(C)c(C(N)=O)c1C1CCC(F)(F)CC1. The van der Waals surface area contributed by atoms with E-state index in [1.54, 1.807) is 14.0 Å². The zero-order valence-corrected chi connectivity index (χ0v) is 10.5. The van der Waals surface area contributed by atoms with Crippen molar-refractivity contribution in [1.82, 2.24) is 9.78 Å². The van der Waals surface area contributed by atoms with E-state index in [-0.39, 0.29) is 18.8 Å². The van der Waals surface area contributed by atoms with E-state index in [4.69, 9.17) is 5.73 Å². The Morgan fingerprint density at radius 2 is 2.00 bits per heavy atom. The lowest BCUT2D eigenvalue weighted by atomic mass is 9.81. The van der Waals surface area contributed by atoms with Crippen LogP contribution in [0.5, 0.6) is 0 Å². The first-order chi connectivity index (χ1) is 8.32. The maximum atomic E-state index is 13.1. The topological polar surface area (TPSA) is 60.9 Å². The molecule has 4 nitrogen and oxygen atoms in total. The molecule has 0 aromatic carbocycles. The summed E-state index contributed by atoms with van der Waals surface area (Å²) in [4.78, 5) is 11.4. The van der Waals surface area contributed by atoms with Crippen LogP contribution in [0, 0.1) is 6.92 Å². The lowest BCUT2D eigenvalue weighted by molar-refractivity contribution is -0.0382. The molecule has 1 amide bonds. The third-order valence-electron chi connectivity index (χ3n) is 3.63. The van der Waals surface area contributed by atoms with Gasteiger partial charge in [0, 0.05) is 25.5 Å². The van der Waals surface area contributed by atoms with Crippen LogP contribution < -0.4 is 5.73 Å². The van der Waals surface area contributed by atoms with Crippen LogP contribution in [0.3, 0.4) is 0 Å². The number of halogens is 2. The number of aryl methyl sites for hydroxylation is 2. The van der Waals surface area contributed by atoms with Crippen molar-refractivity contribution in [3.8, 4) is 0 Å². The van der Waals surface area contributed by atoms with Crippen molar-refractivity contribution in [1.29, 1.82) is 0 Å². The highest BCUT2D eigenvalue weighted by atomic mass is 19.3. The Hall–Kier alpha value is -1.46. The Balaban J connectivity index is 2.32. The van der Waals surface area contributed by atoms with Crippen LogP contribution in [0.25, 0.3) is 0 Å². The average molecular weight is 257 g/mol. The van der Waals surface area contributed by atoms with E-state index in [1.807, 2.05) is 0 Å². The van der Waals surface area contributed by atoms with Crippen LogP contribution in [0.1, 0.15) is 53.3 Å². The second kappa shape index (κ2) is 4.33. The third-order valence-corrected chi connectivity index (χ3v) is 3.63. The Morgan fingerprint density at radius 1 is 1.44 bits per heavy atom. The van der Waals surface area contributed by atoms with Gasteiger partial charge in [0.1, 0.15) is 5.69 Å². The van der Waals surface area contributed by atoms with E-state index in [2.05, 4.69) is 5.10 Å². The molecule has 1 heterocycles. The zero-order chi connectivity index (χ0) is 13.5. The third kappa shape index (κ3) is 2.23. The van der Waals surface area contributed by atoms with Gasteiger partial charge in [0.05, 0.1) is 5.69 Å². The van der Waals surface area contributed by atoms with Gasteiger partial charge in [-0.2, -0.15) is 5.10 Å². The number of carbonyl (C=O) groups is 1. The minimum Gasteiger partial charge on any atom is -0.364 e. The summed E-state index contributed by atoms with van der Waals surface area (Å²) in [6.07, 6.45) is 0.480. The van der Waals surface area contributed by atoms with Gasteiger partial charge < -0.3 is 5.73 Å². The minimum absolute atomic E-state index is 0.0409. The molecule has 6 heteroatoms. The molecule has 1 aromatic rings. The quantitative estimate of drug-likeness (QED) is 0.882. The number of carbonyl (C=O) groups excluding carboxylic acids is 1. The molecule has 100 valence electrons. The molecular formula is C12H17F2N3O. The van der Waals surface area contributed by atoms with E-state index >= 15 is 0 Å². The molecule has 0 atom stereocenters. The van der Waals surface area contributed by atoms with Crippen LogP contribution in [0.4, 0.5) is 8.78 Å². The molecule has 0 bridgehead atoms. The Bertz CT molecular complexity index is 472. The van der Waals surface area contributed by atoms with E-state index in [0.29, 0.717) is 24.2 Å². The maximum Gasteiger partial charge on any atom is 0.267 e. The summed E-state index contributed by atoms with van der Waals surface area (Å²) in [7, 11) is 1.65. The number of primary amides is 1. The van der Waals surface area contributed by atoms with Crippen LogP contribution in [0.15, 0.2) is 0 Å². The maximum absolute atomic E-state index is 13.1. The predicted octanol–water partition coefficient (Wildman–Crippen LogP) is 2.12. The van der Waals surface area contributed by atoms with E-state index in [9.17, 15) is 13.6 Å². The fourth-order valence-electron chi connectivity index (χ4n) is 2.78. The second-order valence-electron chi connectivity index (χ2n) is 4.97. The molecule has 0 radical (unpaired) electrons. The van der Waals surface area contributed by atoms with Gasteiger partial charge in [-0.05, 0) is 25.7 Å². The van der Waals surface area contributed by atoms with Crippen LogP contribution in [-0.4, -0.2) is 21.6 Å². The first-order valence-electron chi connectivity index (χ1n) is 6.03. The van der Waals surface area contributed by atoms with Gasteiger partial charge in [-0.15, -0.1) is 0 Å². The smallest absolute Gasteiger partial charge is 0.267 e. The molecule has 1 aliphatic rings. The van der Waals surface area contributed by atoms with Crippen molar-refractivity contribution in [2.75, 3.05) is 0 Å². The van der Waals surface area contributed by atoms with Gasteiger partial charge in [-0.25, -0.2) is 8.78 Å². The molecule has 18 heavy (non-hydrogen) atoms. The highest BCUT2D eigenvalue weighted by molar-refractivity contribution is 5.93. The number of aromatic nitrogens is 2. The molecule has 0 unspecified atom stereocenters. The summed E-state index contributed by atoms with van der Waals surface area (Å²) >= 11 is 0. The molecule has 1 saturated carbocycles. The Morgan fingerprint density at radius 3 is 2.50 bits per heavy atom. The fraction of sp³-hybridized carbons (Fsp3) is 0.667. The largest absolute Gasteiger partial charge is 0.364 e. The van der Waals surface area contributed by atoms with Gasteiger partial charge in [0.2, 0.25) is 5.92 Å². The number of hydrogen-bond donors (Lipinski definition) is 1. The van der Waals surface area contributed by atoms with Gasteiger partial charge in [-0.1, -0.05) is 0 Å². The molecule has 2 N–H and O–H groups in total. The highest BCUT2D eigenvalue weighted by Gasteiger charge is 2.37. The normalized spacial score (nSPS) is 20.0. The van der Waals surface area contributed by atoms with Gasteiger partial charge in [-0.3, -0.25) is 9.48 Å². The Kier molecular flexibility index (Phi) is 3.12. The van der Waals surface area contributed by atoms with Crippen molar-refractivity contribution in [3.63, 3.8) is 0 Å². The molecule has 0 spiro atoms. The fourth-order valence-corrected chi connectivity index (χ4v) is 2.78. The van der Waals surface area contributed by atoms with Crippen molar-refractivity contribution >= 4 is 5.91 Å². The van der Waals surface area contributed by atoms with Crippen molar-refractivity contribution in [2.45, 2.75) is 44.4 Å². The Labute approximate surface area is 104 Å². The van der Waals surface area contributed by atoms with Crippen LogP contribution in [0.2, 0.25) is 0 Å². The monoisotopic (exact) mass is 257 g/mol. The number of alkyl halides is 2. The summed E-state index contributed by atoms with van der Waals surface area (Å²) in [5.74, 6) is -3.16. The van der Waals surface area contributed by atoms with Crippen LogP contribution >= 0.6 is 0 Å². The summed E-state index contributed by atoms with van der Waals surface area (Å²) in [6, 6.07) is 0. The first-order valence-corrected chi connectivity index (χ1v) is 6.03. The van der Waals surface area contributed by atoms with E-state index in [1.165, 1.54) is 4.68 Å². The zero-order valence-electron chi connectivity index (χ0n) is 10.5. The number of rotatable bonds is 2. The summed E-state index contributed by atoms with van der Waals surface area (Å²) in [5.41, 5.74) is 7.15. The molecule has 1 fully saturated rings. The molecule has 2 rings (SSSR count). The number of hydrogen-bond acceptors (Lipinski definition) is 2. The lowest BCUT2D eigenvalue weighted by Gasteiger charge is -2.28. The molecule has 0 saturated heterocycles. The summed E-state index contributed by atoms with van der Waals surface area (Å²) in [6.45, 7) is 1.79. The number of nitrogens with zero attached hydrogens (tertiary/aromatic N) is 2. The van der Waals surface area contributed by atoms with Crippen LogP contribution in [-0.2, 0) is 7.05 Å². The molecular weight excluding hydrogens is 240 g/mol. The van der Waals surface area contributed by atoms with Crippen molar-refractivity contribution < 1.29 is 13.6 Å². The molecule has 1 aromatic heterocycles. The van der Waals surface area contributed by atoms with Crippen molar-refractivity contribution in [3.05, 3.63) is 17.0 Å². The first kappa shape index (κ1) is 13.0. The standard InChI is InChI=1S/C12H17F2N3O/c1-7-9(10(11(15)18)17(2)16-7)8-3-5-12(13,14)6-4-8/h8H,3-6H2,1-2H3,(H2,15,18). The van der Waals surface area contributed by atoms with E-state index < -0.39 is 11.8 Å². The predicted molar refractivity (Wildman–Crippen MR) is 62.6 cm³/mol.